The molecular formula is C10H14N2O2S. The molecule has 0 saturated heterocycles. The fraction of sp³-hybridized carbons (Fsp3) is 0.300. The summed E-state index contributed by atoms with van der Waals surface area (Å²) in [5, 5.41) is 24.1. The Hall–Kier alpha value is -1.33. The molecule has 1 aromatic rings. The van der Waals surface area contributed by atoms with Crippen LogP contribution < -0.4 is 10.6 Å². The molecule has 0 aliphatic rings. The molecule has 0 atom stereocenters. The van der Waals surface area contributed by atoms with E-state index in [-0.39, 0.29) is 12.4 Å². The Morgan fingerprint density at radius 1 is 1.47 bits per heavy atom. The summed E-state index contributed by atoms with van der Waals surface area (Å²) in [6.45, 7) is 2.33. The third kappa shape index (κ3) is 3.73. The second kappa shape index (κ2) is 5.53. The molecule has 0 fully saturated rings. The molecule has 5 heteroatoms. The monoisotopic (exact) mass is 226 g/mol. The van der Waals surface area contributed by atoms with E-state index in [4.69, 9.17) is 17.3 Å². The average molecular weight is 226 g/mol. The number of aliphatic hydroxyl groups is 1. The number of hydrogen-bond acceptors (Lipinski definition) is 3. The largest absolute Gasteiger partial charge is 0.508 e. The summed E-state index contributed by atoms with van der Waals surface area (Å²) in [6.07, 6.45) is 0. The maximum absolute atomic E-state index is 9.20. The molecule has 0 radical (unpaired) electrons. The van der Waals surface area contributed by atoms with Crippen molar-refractivity contribution in [2.45, 2.75) is 6.92 Å². The zero-order valence-corrected chi connectivity index (χ0v) is 9.27. The van der Waals surface area contributed by atoms with Crippen LogP contribution in [0.3, 0.4) is 0 Å². The molecule has 1 aromatic carbocycles. The Bertz CT molecular complexity index is 355. The van der Waals surface area contributed by atoms with E-state index in [0.29, 0.717) is 11.7 Å². The molecule has 0 aliphatic heterocycles. The van der Waals surface area contributed by atoms with E-state index in [1.807, 2.05) is 6.92 Å². The maximum atomic E-state index is 9.20. The van der Waals surface area contributed by atoms with Gasteiger partial charge in [0.15, 0.2) is 5.11 Å². The molecule has 0 aliphatic carbocycles. The van der Waals surface area contributed by atoms with E-state index in [9.17, 15) is 5.11 Å². The molecular weight excluding hydrogens is 212 g/mol. The summed E-state index contributed by atoms with van der Waals surface area (Å²) in [5.74, 6) is 0.229. The van der Waals surface area contributed by atoms with Crippen LogP contribution in [0.2, 0.25) is 0 Å². The lowest BCUT2D eigenvalue weighted by atomic mass is 10.2. The summed E-state index contributed by atoms with van der Waals surface area (Å²) >= 11 is 5.00. The molecule has 0 saturated carbocycles. The normalized spacial score (nSPS) is 9.73. The van der Waals surface area contributed by atoms with Gasteiger partial charge in [-0.05, 0) is 42.9 Å². The lowest BCUT2D eigenvalue weighted by Gasteiger charge is -2.11. The first-order chi connectivity index (χ1) is 7.13. The Kier molecular flexibility index (Phi) is 4.33. The number of aliphatic hydroxyl groups excluding tert-OH is 1. The van der Waals surface area contributed by atoms with Crippen molar-refractivity contribution in [3.05, 3.63) is 23.8 Å². The minimum atomic E-state index is 0.0381. The highest BCUT2D eigenvalue weighted by Crippen LogP contribution is 2.19. The highest BCUT2D eigenvalue weighted by Gasteiger charge is 2.01. The highest BCUT2D eigenvalue weighted by atomic mass is 32.1. The smallest absolute Gasteiger partial charge is 0.170 e. The highest BCUT2D eigenvalue weighted by molar-refractivity contribution is 7.80. The Labute approximate surface area is 93.9 Å². The molecule has 0 bridgehead atoms. The molecule has 0 amide bonds. The number of aryl methyl sites for hydroxylation is 1. The third-order valence-electron chi connectivity index (χ3n) is 1.86. The Morgan fingerprint density at radius 2 is 2.20 bits per heavy atom. The van der Waals surface area contributed by atoms with Crippen LogP contribution in [0.1, 0.15) is 5.56 Å². The number of nitrogens with one attached hydrogen (secondary N) is 2. The first-order valence-corrected chi connectivity index (χ1v) is 4.99. The maximum Gasteiger partial charge on any atom is 0.170 e. The molecule has 4 N–H and O–H groups in total. The van der Waals surface area contributed by atoms with Gasteiger partial charge in [0.1, 0.15) is 5.75 Å². The van der Waals surface area contributed by atoms with Gasteiger partial charge in [-0.15, -0.1) is 0 Å². The van der Waals surface area contributed by atoms with Gasteiger partial charge in [-0.2, -0.15) is 0 Å². The number of phenols is 1. The van der Waals surface area contributed by atoms with Crippen molar-refractivity contribution in [2.75, 3.05) is 18.5 Å². The Balaban J connectivity index is 2.60. The molecule has 82 valence electrons. The van der Waals surface area contributed by atoms with Crippen LogP contribution in [-0.2, 0) is 0 Å². The van der Waals surface area contributed by atoms with Gasteiger partial charge in [-0.1, -0.05) is 0 Å². The van der Waals surface area contributed by atoms with Crippen LogP contribution >= 0.6 is 12.2 Å². The van der Waals surface area contributed by atoms with Crippen molar-refractivity contribution in [3.8, 4) is 5.75 Å². The van der Waals surface area contributed by atoms with Crippen LogP contribution in [0.25, 0.3) is 0 Å². The van der Waals surface area contributed by atoms with E-state index >= 15 is 0 Å². The fourth-order valence-corrected chi connectivity index (χ4v) is 1.34. The van der Waals surface area contributed by atoms with Gasteiger partial charge in [0, 0.05) is 12.2 Å². The van der Waals surface area contributed by atoms with Crippen molar-refractivity contribution in [3.63, 3.8) is 0 Å². The van der Waals surface area contributed by atoms with E-state index < -0.39 is 0 Å². The predicted molar refractivity (Wildman–Crippen MR) is 64.2 cm³/mol. The van der Waals surface area contributed by atoms with Crippen molar-refractivity contribution in [2.24, 2.45) is 0 Å². The zero-order valence-electron chi connectivity index (χ0n) is 8.45. The van der Waals surface area contributed by atoms with Gasteiger partial charge in [-0.3, -0.25) is 0 Å². The molecule has 4 nitrogen and oxygen atoms in total. The summed E-state index contributed by atoms with van der Waals surface area (Å²) in [6, 6.07) is 4.98. The quantitative estimate of drug-likeness (QED) is 0.457. The summed E-state index contributed by atoms with van der Waals surface area (Å²) in [7, 11) is 0. The first kappa shape index (κ1) is 11.7. The van der Waals surface area contributed by atoms with Crippen molar-refractivity contribution in [1.82, 2.24) is 5.32 Å². The number of rotatable bonds is 3. The number of hydrogen-bond donors (Lipinski definition) is 4. The summed E-state index contributed by atoms with van der Waals surface area (Å²) < 4.78 is 0. The molecule has 0 heterocycles. The lowest BCUT2D eigenvalue weighted by Crippen LogP contribution is -2.30. The minimum absolute atomic E-state index is 0.0381. The molecule has 15 heavy (non-hydrogen) atoms. The predicted octanol–water partition coefficient (Wildman–Crippen LogP) is 0.979. The van der Waals surface area contributed by atoms with Crippen molar-refractivity contribution < 1.29 is 10.2 Å². The standard InChI is InChI=1S/C10H14N2O2S/c1-7-6-8(14)2-3-9(7)12-10(15)11-4-5-13/h2-3,6,13-14H,4-5H2,1H3,(H2,11,12,15). The Morgan fingerprint density at radius 3 is 2.80 bits per heavy atom. The SMILES string of the molecule is Cc1cc(O)ccc1NC(=S)NCCO. The number of thiocarbonyl (C=S) groups is 1. The average Bonchev–Trinajstić information content (AvgIpc) is 2.19. The van der Waals surface area contributed by atoms with Crippen LogP contribution in [0.5, 0.6) is 5.75 Å². The zero-order chi connectivity index (χ0) is 11.3. The molecule has 0 spiro atoms. The molecule has 0 aromatic heterocycles. The van der Waals surface area contributed by atoms with Gasteiger partial charge in [0.05, 0.1) is 6.61 Å². The van der Waals surface area contributed by atoms with Crippen LogP contribution in [0.15, 0.2) is 18.2 Å². The van der Waals surface area contributed by atoms with Gasteiger partial charge in [-0.25, -0.2) is 0 Å². The van der Waals surface area contributed by atoms with Crippen LogP contribution in [0, 0.1) is 6.92 Å². The lowest BCUT2D eigenvalue weighted by molar-refractivity contribution is 0.301. The second-order valence-electron chi connectivity index (χ2n) is 3.10. The van der Waals surface area contributed by atoms with Gasteiger partial charge < -0.3 is 20.8 Å². The number of aromatic hydroxyl groups is 1. The van der Waals surface area contributed by atoms with Crippen LogP contribution in [-0.4, -0.2) is 28.5 Å². The van der Waals surface area contributed by atoms with Gasteiger partial charge in [0.25, 0.3) is 0 Å². The van der Waals surface area contributed by atoms with Crippen molar-refractivity contribution >= 4 is 23.0 Å². The second-order valence-corrected chi connectivity index (χ2v) is 3.51. The fourth-order valence-electron chi connectivity index (χ4n) is 1.12. The van der Waals surface area contributed by atoms with Crippen LogP contribution in [0.4, 0.5) is 5.69 Å². The van der Waals surface area contributed by atoms with E-state index in [2.05, 4.69) is 10.6 Å². The topological polar surface area (TPSA) is 64.5 Å². The van der Waals surface area contributed by atoms with E-state index in [1.54, 1.807) is 18.2 Å². The summed E-state index contributed by atoms with van der Waals surface area (Å²) in [5.41, 5.74) is 1.74. The van der Waals surface area contributed by atoms with Gasteiger partial charge >= 0.3 is 0 Å². The summed E-state index contributed by atoms with van der Waals surface area (Å²) in [4.78, 5) is 0. The van der Waals surface area contributed by atoms with E-state index in [0.717, 1.165) is 11.3 Å². The third-order valence-corrected chi connectivity index (χ3v) is 2.10. The first-order valence-electron chi connectivity index (χ1n) is 4.59. The van der Waals surface area contributed by atoms with E-state index in [1.165, 1.54) is 0 Å². The molecule has 1 rings (SSSR count). The number of anilines is 1. The van der Waals surface area contributed by atoms with Crippen molar-refractivity contribution in [1.29, 1.82) is 0 Å². The minimum Gasteiger partial charge on any atom is -0.508 e. The van der Waals surface area contributed by atoms with Gasteiger partial charge in [0.2, 0.25) is 0 Å². The number of benzene rings is 1. The number of phenolic OH excluding ortho intramolecular Hbond substituents is 1. The molecule has 0 unspecified atom stereocenters.